The third-order valence-electron chi connectivity index (χ3n) is 7.88. The summed E-state index contributed by atoms with van der Waals surface area (Å²) >= 11 is 6.34. The molecule has 2 aliphatic heterocycles. The lowest BCUT2D eigenvalue weighted by Crippen LogP contribution is -2.42. The highest BCUT2D eigenvalue weighted by atomic mass is 35.5. The first-order valence-corrected chi connectivity index (χ1v) is 14.3. The van der Waals surface area contributed by atoms with Crippen LogP contribution < -0.4 is 9.47 Å². The van der Waals surface area contributed by atoms with Gasteiger partial charge in [0.25, 0.3) is 0 Å². The molecule has 6 rings (SSSR count). The normalized spacial score (nSPS) is 19.1. The number of rotatable bonds is 7. The van der Waals surface area contributed by atoms with Crippen molar-refractivity contribution in [2.24, 2.45) is 0 Å². The second kappa shape index (κ2) is 11.5. The number of amides is 1. The zero-order valence-electron chi connectivity index (χ0n) is 22.6. The van der Waals surface area contributed by atoms with Gasteiger partial charge in [-0.25, -0.2) is 4.79 Å². The lowest BCUT2D eigenvalue weighted by atomic mass is 9.92. The molecule has 4 aromatic rings. The number of nitrogens with zero attached hydrogens (tertiary/aromatic N) is 2. The van der Waals surface area contributed by atoms with Crippen molar-refractivity contribution in [3.63, 3.8) is 0 Å². The Kier molecular flexibility index (Phi) is 7.69. The van der Waals surface area contributed by atoms with Gasteiger partial charge in [-0.1, -0.05) is 41.4 Å². The highest BCUT2D eigenvalue weighted by molar-refractivity contribution is 6.31. The van der Waals surface area contributed by atoms with Crippen molar-refractivity contribution >= 4 is 28.6 Å². The van der Waals surface area contributed by atoms with Gasteiger partial charge in [-0.2, -0.15) is 0 Å². The Bertz CT molecular complexity index is 1480. The van der Waals surface area contributed by atoms with E-state index >= 15 is 0 Å². The number of aliphatic hydroxyl groups is 1. The van der Waals surface area contributed by atoms with Crippen LogP contribution in [0.5, 0.6) is 11.5 Å². The summed E-state index contributed by atoms with van der Waals surface area (Å²) in [6.45, 7) is 5.75. The van der Waals surface area contributed by atoms with Gasteiger partial charge < -0.3 is 24.5 Å². The van der Waals surface area contributed by atoms with Gasteiger partial charge in [0.1, 0.15) is 17.5 Å². The molecule has 8 heteroatoms. The molecule has 0 radical (unpaired) electrons. The molecule has 40 heavy (non-hydrogen) atoms. The van der Waals surface area contributed by atoms with Crippen LogP contribution in [-0.4, -0.2) is 64.9 Å². The van der Waals surface area contributed by atoms with Gasteiger partial charge in [0.15, 0.2) is 0 Å². The van der Waals surface area contributed by atoms with Gasteiger partial charge in [-0.05, 0) is 79.8 Å². The second-order valence-electron chi connectivity index (χ2n) is 10.7. The molecule has 1 saturated heterocycles. The lowest BCUT2D eigenvalue weighted by Gasteiger charge is -2.35. The number of β-amino-alcohol motifs (C(OH)–C–C–N with tert-alkyl or cyclic N) is 1. The van der Waals surface area contributed by atoms with Crippen molar-refractivity contribution in [2.75, 3.05) is 32.8 Å². The van der Waals surface area contributed by atoms with Crippen molar-refractivity contribution in [1.29, 1.82) is 0 Å². The summed E-state index contributed by atoms with van der Waals surface area (Å²) in [4.78, 5) is 21.1. The number of aryl methyl sites for hydroxylation is 1. The van der Waals surface area contributed by atoms with E-state index in [1.807, 2.05) is 73.7 Å². The maximum atomic E-state index is 13.5. The molecule has 0 saturated carbocycles. The molecule has 3 heterocycles. The van der Waals surface area contributed by atoms with E-state index in [4.69, 9.17) is 21.1 Å². The predicted molar refractivity (Wildman–Crippen MR) is 156 cm³/mol. The van der Waals surface area contributed by atoms with Gasteiger partial charge >= 0.3 is 6.09 Å². The number of carbonyl (C=O) groups excluding carboxylic acids is 1. The van der Waals surface area contributed by atoms with E-state index in [1.165, 1.54) is 5.56 Å². The largest absolute Gasteiger partial charge is 0.494 e. The number of ether oxygens (including phenoxy) is 2. The van der Waals surface area contributed by atoms with E-state index in [2.05, 4.69) is 9.88 Å². The number of carbonyl (C=O) groups is 1. The summed E-state index contributed by atoms with van der Waals surface area (Å²) in [7, 11) is 0. The third kappa shape index (κ3) is 5.68. The number of hydrogen-bond acceptors (Lipinski definition) is 5. The molecule has 3 aromatic carbocycles. The molecule has 0 spiro atoms. The number of fused-ring (bicyclic) bond motifs is 3. The molecule has 208 valence electrons. The van der Waals surface area contributed by atoms with E-state index < -0.39 is 0 Å². The Labute approximate surface area is 239 Å². The van der Waals surface area contributed by atoms with Crippen LogP contribution in [-0.2, 0) is 6.42 Å². The molecule has 1 aromatic heterocycles. The summed E-state index contributed by atoms with van der Waals surface area (Å²) < 4.78 is 11.8. The summed E-state index contributed by atoms with van der Waals surface area (Å²) in [6, 6.07) is 21.0. The Morgan fingerprint density at radius 1 is 1.05 bits per heavy atom. The van der Waals surface area contributed by atoms with Crippen LogP contribution in [0.1, 0.15) is 41.3 Å². The van der Waals surface area contributed by atoms with E-state index in [-0.39, 0.29) is 18.2 Å². The zero-order chi connectivity index (χ0) is 27.6. The maximum absolute atomic E-state index is 13.5. The number of H-pyrrole nitrogens is 1. The highest BCUT2D eigenvalue weighted by Crippen LogP contribution is 2.40. The number of halogens is 1. The molecule has 1 fully saturated rings. The zero-order valence-corrected chi connectivity index (χ0v) is 23.4. The number of aliphatic hydroxyl groups excluding tert-OH is 1. The second-order valence-corrected chi connectivity index (χ2v) is 11.2. The van der Waals surface area contributed by atoms with E-state index in [1.54, 1.807) is 4.90 Å². The summed E-state index contributed by atoms with van der Waals surface area (Å²) in [5.41, 5.74) is 5.23. The number of nitrogens with one attached hydrogen (secondary N) is 1. The molecule has 0 aliphatic carbocycles. The fraction of sp³-hybridized carbons (Fsp3) is 0.344. The SMILES string of the molecule is Cc1ccc(OC(=O)N2CCc3c([nH]c4ccc(Cl)cc34)C2c2ccc(OCCCN3CC[C@@H](O)C3)cc2)cc1. The van der Waals surface area contributed by atoms with Crippen molar-refractivity contribution in [2.45, 2.75) is 38.3 Å². The van der Waals surface area contributed by atoms with Crippen LogP contribution in [0.3, 0.4) is 0 Å². The molecule has 0 bridgehead atoms. The minimum atomic E-state index is -0.386. The fourth-order valence-electron chi connectivity index (χ4n) is 5.81. The summed E-state index contributed by atoms with van der Waals surface area (Å²) in [6.07, 6.45) is 1.87. The van der Waals surface area contributed by atoms with Crippen LogP contribution >= 0.6 is 11.6 Å². The molecular weight excluding hydrogens is 526 g/mol. The first-order chi connectivity index (χ1) is 19.4. The molecule has 2 atom stereocenters. The maximum Gasteiger partial charge on any atom is 0.416 e. The number of aromatic amines is 1. The Balaban J connectivity index is 1.23. The number of hydrogen-bond donors (Lipinski definition) is 2. The van der Waals surface area contributed by atoms with Crippen LogP contribution in [0.2, 0.25) is 5.02 Å². The standard InChI is InChI=1S/C32H34ClN3O4/c1-21-3-8-26(9-4-21)40-32(38)36-17-14-27-28-19-23(33)7-12-29(28)34-30(27)31(36)22-5-10-25(11-6-22)39-18-2-15-35-16-13-24(37)20-35/h3-12,19,24,31,34,37H,2,13-18,20H2,1H3/t24-,31?/m1/s1. The monoisotopic (exact) mass is 559 g/mol. The quantitative estimate of drug-likeness (QED) is 0.267. The molecular formula is C32H34ClN3O4. The average Bonchev–Trinajstić information content (AvgIpc) is 3.54. The molecule has 2 aliphatic rings. The molecule has 1 amide bonds. The van der Waals surface area contributed by atoms with Gasteiger partial charge in [-0.3, -0.25) is 4.90 Å². The van der Waals surface area contributed by atoms with Crippen molar-refractivity contribution in [1.82, 2.24) is 14.8 Å². The predicted octanol–water partition coefficient (Wildman–Crippen LogP) is 6.11. The van der Waals surface area contributed by atoms with E-state index in [0.29, 0.717) is 30.3 Å². The Morgan fingerprint density at radius 3 is 2.58 bits per heavy atom. The van der Waals surface area contributed by atoms with Crippen LogP contribution in [0.4, 0.5) is 4.79 Å². The number of likely N-dealkylation sites (tertiary alicyclic amines) is 1. The van der Waals surface area contributed by atoms with Crippen molar-refractivity contribution in [3.05, 3.63) is 94.1 Å². The average molecular weight is 560 g/mol. The fourth-order valence-corrected chi connectivity index (χ4v) is 5.98. The van der Waals surface area contributed by atoms with Crippen molar-refractivity contribution < 1.29 is 19.4 Å². The van der Waals surface area contributed by atoms with Crippen LogP contribution in [0.15, 0.2) is 66.7 Å². The minimum Gasteiger partial charge on any atom is -0.494 e. The molecule has 2 N–H and O–H groups in total. The lowest BCUT2D eigenvalue weighted by molar-refractivity contribution is 0.135. The number of benzene rings is 3. The first kappa shape index (κ1) is 26.7. The smallest absolute Gasteiger partial charge is 0.416 e. The van der Waals surface area contributed by atoms with Gasteiger partial charge in [-0.15, -0.1) is 0 Å². The third-order valence-corrected chi connectivity index (χ3v) is 8.12. The first-order valence-electron chi connectivity index (χ1n) is 13.9. The number of aromatic nitrogens is 1. The van der Waals surface area contributed by atoms with E-state index in [9.17, 15) is 9.90 Å². The Morgan fingerprint density at radius 2 is 1.82 bits per heavy atom. The van der Waals surface area contributed by atoms with Crippen molar-refractivity contribution in [3.8, 4) is 11.5 Å². The van der Waals surface area contributed by atoms with E-state index in [0.717, 1.165) is 65.9 Å². The van der Waals surface area contributed by atoms with Crippen LogP contribution in [0.25, 0.3) is 10.9 Å². The summed E-state index contributed by atoms with van der Waals surface area (Å²) in [5, 5.41) is 11.5. The highest BCUT2D eigenvalue weighted by Gasteiger charge is 2.35. The summed E-state index contributed by atoms with van der Waals surface area (Å²) in [5.74, 6) is 1.31. The molecule has 7 nitrogen and oxygen atoms in total. The Hall–Kier alpha value is -3.52. The molecule has 1 unspecified atom stereocenters. The van der Waals surface area contributed by atoms with Gasteiger partial charge in [0.05, 0.1) is 12.7 Å². The topological polar surface area (TPSA) is 78.0 Å². The minimum absolute atomic E-state index is 0.197. The van der Waals surface area contributed by atoms with Gasteiger partial charge in [0.2, 0.25) is 0 Å². The van der Waals surface area contributed by atoms with Gasteiger partial charge in [0, 0.05) is 47.8 Å². The van der Waals surface area contributed by atoms with Crippen LogP contribution in [0, 0.1) is 6.92 Å².